The summed E-state index contributed by atoms with van der Waals surface area (Å²) in [5, 5.41) is 16.0. The maximum atomic E-state index is 12.2. The number of benzene rings is 1. The third-order valence-electron chi connectivity index (χ3n) is 4.38. The van der Waals surface area contributed by atoms with Gasteiger partial charge in [0.05, 0.1) is 6.10 Å². The Morgan fingerprint density at radius 3 is 3.15 bits per heavy atom. The SMILES string of the molecule is O=C(NCC1CCCC(O)C1)c1ccc2c(c1)CCN2. The molecule has 0 radical (unpaired) electrons. The summed E-state index contributed by atoms with van der Waals surface area (Å²) in [5.41, 5.74) is 3.12. The van der Waals surface area contributed by atoms with Gasteiger partial charge in [0.1, 0.15) is 0 Å². The third-order valence-corrected chi connectivity index (χ3v) is 4.38. The molecule has 3 N–H and O–H groups in total. The molecular weight excluding hydrogens is 252 g/mol. The Morgan fingerprint density at radius 2 is 2.30 bits per heavy atom. The van der Waals surface area contributed by atoms with Crippen LogP contribution in [0, 0.1) is 5.92 Å². The van der Waals surface area contributed by atoms with Crippen molar-refractivity contribution >= 4 is 11.6 Å². The molecule has 20 heavy (non-hydrogen) atoms. The molecule has 1 heterocycles. The van der Waals surface area contributed by atoms with Gasteiger partial charge in [-0.15, -0.1) is 0 Å². The second kappa shape index (κ2) is 5.83. The van der Waals surface area contributed by atoms with Crippen LogP contribution in [0.15, 0.2) is 18.2 Å². The summed E-state index contributed by atoms with van der Waals surface area (Å²) in [5.74, 6) is 0.415. The van der Waals surface area contributed by atoms with E-state index in [1.807, 2.05) is 18.2 Å². The zero-order chi connectivity index (χ0) is 13.9. The average molecular weight is 274 g/mol. The summed E-state index contributed by atoms with van der Waals surface area (Å²) in [6.45, 7) is 1.63. The van der Waals surface area contributed by atoms with Crippen molar-refractivity contribution in [2.45, 2.75) is 38.2 Å². The molecule has 0 bridgehead atoms. The second-order valence-electron chi connectivity index (χ2n) is 5.95. The molecule has 1 aliphatic carbocycles. The van der Waals surface area contributed by atoms with Gasteiger partial charge in [-0.05, 0) is 55.4 Å². The number of carbonyl (C=O) groups excluding carboxylic acids is 1. The summed E-state index contributed by atoms with van der Waals surface area (Å²) in [6, 6.07) is 5.85. The highest BCUT2D eigenvalue weighted by molar-refractivity contribution is 5.95. The Labute approximate surface area is 119 Å². The zero-order valence-electron chi connectivity index (χ0n) is 11.7. The maximum Gasteiger partial charge on any atom is 0.251 e. The number of aliphatic hydroxyl groups excluding tert-OH is 1. The summed E-state index contributed by atoms with van der Waals surface area (Å²) >= 11 is 0. The maximum absolute atomic E-state index is 12.2. The standard InChI is InChI=1S/C16H22N2O2/c19-14-3-1-2-11(8-14)10-18-16(20)13-4-5-15-12(9-13)6-7-17-15/h4-5,9,11,14,17,19H,1-3,6-8,10H2,(H,18,20). The Bertz CT molecular complexity index is 501. The lowest BCUT2D eigenvalue weighted by Gasteiger charge is -2.25. The zero-order valence-corrected chi connectivity index (χ0v) is 11.7. The molecule has 1 fully saturated rings. The van der Waals surface area contributed by atoms with Crippen molar-refractivity contribution in [1.29, 1.82) is 0 Å². The van der Waals surface area contributed by atoms with E-state index in [0.29, 0.717) is 12.5 Å². The topological polar surface area (TPSA) is 61.4 Å². The van der Waals surface area contributed by atoms with Gasteiger partial charge in [0.2, 0.25) is 0 Å². The van der Waals surface area contributed by atoms with E-state index in [2.05, 4.69) is 10.6 Å². The van der Waals surface area contributed by atoms with Crippen LogP contribution in [-0.2, 0) is 6.42 Å². The summed E-state index contributed by atoms with van der Waals surface area (Å²) in [6.07, 6.45) is 4.69. The highest BCUT2D eigenvalue weighted by Gasteiger charge is 2.21. The van der Waals surface area contributed by atoms with E-state index < -0.39 is 0 Å². The number of amides is 1. The van der Waals surface area contributed by atoms with Crippen molar-refractivity contribution in [3.8, 4) is 0 Å². The van der Waals surface area contributed by atoms with Gasteiger partial charge in [-0.3, -0.25) is 4.79 Å². The van der Waals surface area contributed by atoms with Crippen LogP contribution in [-0.4, -0.2) is 30.2 Å². The first-order chi connectivity index (χ1) is 9.72. The van der Waals surface area contributed by atoms with Crippen molar-refractivity contribution in [2.75, 3.05) is 18.4 Å². The molecule has 2 aliphatic rings. The summed E-state index contributed by atoms with van der Waals surface area (Å²) < 4.78 is 0. The molecule has 1 amide bonds. The number of anilines is 1. The minimum atomic E-state index is -0.184. The van der Waals surface area contributed by atoms with Crippen LogP contribution in [0.4, 0.5) is 5.69 Å². The molecule has 3 rings (SSSR count). The fraction of sp³-hybridized carbons (Fsp3) is 0.562. The van der Waals surface area contributed by atoms with Crippen molar-refractivity contribution < 1.29 is 9.90 Å². The molecule has 0 spiro atoms. The fourth-order valence-electron chi connectivity index (χ4n) is 3.23. The molecule has 1 saturated carbocycles. The normalized spacial score (nSPS) is 24.9. The van der Waals surface area contributed by atoms with Crippen LogP contribution < -0.4 is 10.6 Å². The van der Waals surface area contributed by atoms with Gasteiger partial charge in [0.25, 0.3) is 5.91 Å². The number of hydrogen-bond acceptors (Lipinski definition) is 3. The van der Waals surface area contributed by atoms with Crippen molar-refractivity contribution in [3.63, 3.8) is 0 Å². The quantitative estimate of drug-likeness (QED) is 0.789. The average Bonchev–Trinajstić information content (AvgIpc) is 2.92. The number of fused-ring (bicyclic) bond motifs is 1. The number of carbonyl (C=O) groups is 1. The van der Waals surface area contributed by atoms with Crippen molar-refractivity contribution in [3.05, 3.63) is 29.3 Å². The summed E-state index contributed by atoms with van der Waals surface area (Å²) in [7, 11) is 0. The van der Waals surface area contributed by atoms with Gasteiger partial charge in [0, 0.05) is 24.3 Å². The molecule has 0 aromatic heterocycles. The monoisotopic (exact) mass is 274 g/mol. The molecule has 1 aromatic rings. The second-order valence-corrected chi connectivity index (χ2v) is 5.95. The summed E-state index contributed by atoms with van der Waals surface area (Å²) in [4.78, 5) is 12.2. The van der Waals surface area contributed by atoms with Gasteiger partial charge in [-0.1, -0.05) is 6.42 Å². The lowest BCUT2D eigenvalue weighted by Crippen LogP contribution is -2.33. The molecule has 0 saturated heterocycles. The highest BCUT2D eigenvalue weighted by atomic mass is 16.3. The lowest BCUT2D eigenvalue weighted by atomic mass is 9.87. The van der Waals surface area contributed by atoms with Gasteiger partial charge in [0.15, 0.2) is 0 Å². The Kier molecular flexibility index (Phi) is 3.92. The molecule has 108 valence electrons. The smallest absolute Gasteiger partial charge is 0.251 e. The Hall–Kier alpha value is -1.55. The van der Waals surface area contributed by atoms with E-state index in [1.54, 1.807) is 0 Å². The third kappa shape index (κ3) is 2.96. The fourth-order valence-corrected chi connectivity index (χ4v) is 3.23. The van der Waals surface area contributed by atoms with E-state index >= 15 is 0 Å². The molecule has 1 aliphatic heterocycles. The molecule has 4 nitrogen and oxygen atoms in total. The Balaban J connectivity index is 1.56. The number of aliphatic hydroxyl groups is 1. The predicted molar refractivity (Wildman–Crippen MR) is 78.9 cm³/mol. The minimum absolute atomic E-state index is 0.000219. The molecular formula is C16H22N2O2. The van der Waals surface area contributed by atoms with Crippen LogP contribution in [0.2, 0.25) is 0 Å². The molecule has 2 unspecified atom stereocenters. The lowest BCUT2D eigenvalue weighted by molar-refractivity contribution is 0.0874. The van der Waals surface area contributed by atoms with Gasteiger partial charge >= 0.3 is 0 Å². The number of nitrogens with one attached hydrogen (secondary N) is 2. The first-order valence-corrected chi connectivity index (χ1v) is 7.55. The largest absolute Gasteiger partial charge is 0.393 e. The van der Waals surface area contributed by atoms with E-state index in [9.17, 15) is 9.90 Å². The van der Waals surface area contributed by atoms with E-state index in [0.717, 1.165) is 49.9 Å². The minimum Gasteiger partial charge on any atom is -0.393 e. The van der Waals surface area contributed by atoms with Crippen molar-refractivity contribution in [2.24, 2.45) is 5.92 Å². The van der Waals surface area contributed by atoms with Crippen LogP contribution in [0.3, 0.4) is 0 Å². The van der Waals surface area contributed by atoms with Gasteiger partial charge in [-0.25, -0.2) is 0 Å². The first-order valence-electron chi connectivity index (χ1n) is 7.55. The van der Waals surface area contributed by atoms with Crippen LogP contribution in [0.1, 0.15) is 41.6 Å². The molecule has 1 aromatic carbocycles. The number of rotatable bonds is 3. The van der Waals surface area contributed by atoms with Crippen LogP contribution >= 0.6 is 0 Å². The van der Waals surface area contributed by atoms with Crippen LogP contribution in [0.5, 0.6) is 0 Å². The van der Waals surface area contributed by atoms with Gasteiger partial charge in [-0.2, -0.15) is 0 Å². The van der Waals surface area contributed by atoms with E-state index in [-0.39, 0.29) is 12.0 Å². The van der Waals surface area contributed by atoms with Crippen molar-refractivity contribution in [1.82, 2.24) is 5.32 Å². The predicted octanol–water partition coefficient (Wildman–Crippen LogP) is 1.94. The van der Waals surface area contributed by atoms with E-state index in [4.69, 9.17) is 0 Å². The highest BCUT2D eigenvalue weighted by Crippen LogP contribution is 2.24. The Morgan fingerprint density at radius 1 is 1.40 bits per heavy atom. The first kappa shape index (κ1) is 13.4. The number of hydrogen-bond donors (Lipinski definition) is 3. The molecule has 4 heteroatoms. The van der Waals surface area contributed by atoms with Gasteiger partial charge < -0.3 is 15.7 Å². The van der Waals surface area contributed by atoms with Crippen LogP contribution in [0.25, 0.3) is 0 Å². The van der Waals surface area contributed by atoms with E-state index in [1.165, 1.54) is 5.56 Å². The molecule has 2 atom stereocenters.